The zero-order chi connectivity index (χ0) is 21.6. The zero-order valence-corrected chi connectivity index (χ0v) is 17.1. The number of para-hydroxylation sites is 2. The molecule has 0 aliphatic carbocycles. The highest BCUT2D eigenvalue weighted by molar-refractivity contribution is 5.99. The van der Waals surface area contributed by atoms with E-state index in [2.05, 4.69) is 4.98 Å². The number of carbonyl (C=O) groups excluding carboxylic acids is 2. The van der Waals surface area contributed by atoms with Gasteiger partial charge in [-0.15, -0.1) is 0 Å². The summed E-state index contributed by atoms with van der Waals surface area (Å²) in [6.07, 6.45) is 1.53. The fraction of sp³-hybridized carbons (Fsp3) is 0.208. The van der Waals surface area contributed by atoms with E-state index in [4.69, 9.17) is 14.2 Å². The normalized spacial score (nSPS) is 14.9. The first kappa shape index (κ1) is 20.4. The maximum atomic E-state index is 13.2. The lowest BCUT2D eigenvalue weighted by molar-refractivity contribution is -0.122. The lowest BCUT2D eigenvalue weighted by Gasteiger charge is -2.37. The van der Waals surface area contributed by atoms with Gasteiger partial charge in [0.25, 0.3) is 5.91 Å². The molecule has 0 radical (unpaired) electrons. The van der Waals surface area contributed by atoms with Gasteiger partial charge in [-0.25, -0.2) is 9.78 Å². The number of nitrogens with zero attached hydrogens (tertiary/aromatic N) is 2. The molecule has 31 heavy (non-hydrogen) atoms. The van der Waals surface area contributed by atoms with Crippen LogP contribution in [0.4, 0.5) is 5.69 Å². The van der Waals surface area contributed by atoms with Gasteiger partial charge in [0.1, 0.15) is 17.9 Å². The van der Waals surface area contributed by atoms with E-state index in [1.54, 1.807) is 24.0 Å². The molecule has 7 nitrogen and oxygen atoms in total. The first-order chi connectivity index (χ1) is 15.2. The Balaban J connectivity index is 1.56. The van der Waals surface area contributed by atoms with Crippen molar-refractivity contribution in [1.29, 1.82) is 0 Å². The summed E-state index contributed by atoms with van der Waals surface area (Å²) in [5, 5.41) is 0. The molecule has 1 aromatic heterocycles. The largest absolute Gasteiger partial charge is 0.489 e. The van der Waals surface area contributed by atoms with Crippen molar-refractivity contribution in [3.63, 3.8) is 0 Å². The number of anilines is 1. The van der Waals surface area contributed by atoms with Crippen molar-refractivity contribution in [2.45, 2.75) is 13.0 Å². The highest BCUT2D eigenvalue weighted by atomic mass is 16.5. The van der Waals surface area contributed by atoms with Crippen LogP contribution in [-0.2, 0) is 9.53 Å². The van der Waals surface area contributed by atoms with Crippen molar-refractivity contribution in [1.82, 2.24) is 4.98 Å². The molecule has 0 spiro atoms. The predicted octanol–water partition coefficient (Wildman–Crippen LogP) is 3.80. The second-order valence-corrected chi connectivity index (χ2v) is 6.83. The molecule has 158 valence electrons. The van der Waals surface area contributed by atoms with Crippen molar-refractivity contribution >= 4 is 17.6 Å². The minimum Gasteiger partial charge on any atom is -0.489 e. The van der Waals surface area contributed by atoms with Crippen LogP contribution in [0, 0.1) is 0 Å². The number of esters is 1. The molecule has 2 aromatic carbocycles. The summed E-state index contributed by atoms with van der Waals surface area (Å²) in [5.74, 6) is -0.218. The smallest absolute Gasteiger partial charge is 0.344 e. The Morgan fingerprint density at radius 1 is 1.06 bits per heavy atom. The SMILES string of the molecule is CCOc1ncccc1C(=O)OCC(=O)N1c2ccccc2OCC1c1ccccc1. The molecule has 4 rings (SSSR count). The maximum absolute atomic E-state index is 13.2. The first-order valence-corrected chi connectivity index (χ1v) is 10.0. The number of hydrogen-bond donors (Lipinski definition) is 0. The summed E-state index contributed by atoms with van der Waals surface area (Å²) in [6.45, 7) is 2.04. The minimum atomic E-state index is -0.664. The molecule has 0 bridgehead atoms. The fourth-order valence-corrected chi connectivity index (χ4v) is 3.49. The maximum Gasteiger partial charge on any atom is 0.344 e. The molecule has 1 unspecified atom stereocenters. The van der Waals surface area contributed by atoms with Crippen molar-refractivity contribution in [3.8, 4) is 11.6 Å². The summed E-state index contributed by atoms with van der Waals surface area (Å²) >= 11 is 0. The van der Waals surface area contributed by atoms with Crippen LogP contribution in [0.1, 0.15) is 28.9 Å². The van der Waals surface area contributed by atoms with Crippen LogP contribution in [-0.4, -0.2) is 36.7 Å². The molecule has 0 fully saturated rings. The number of aromatic nitrogens is 1. The third kappa shape index (κ3) is 4.35. The van der Waals surface area contributed by atoms with Gasteiger partial charge in [0.2, 0.25) is 5.88 Å². The number of carbonyl (C=O) groups is 2. The standard InChI is InChI=1S/C24H22N2O5/c1-2-29-23-18(11-8-14-25-23)24(28)31-16-22(27)26-19-12-6-7-13-21(19)30-15-20(26)17-9-4-3-5-10-17/h3-14,20H,2,15-16H2,1H3. The molecule has 0 saturated carbocycles. The van der Waals surface area contributed by atoms with E-state index < -0.39 is 12.6 Å². The molecule has 0 N–H and O–H groups in total. The second-order valence-electron chi connectivity index (χ2n) is 6.83. The Morgan fingerprint density at radius 3 is 2.65 bits per heavy atom. The molecule has 7 heteroatoms. The van der Waals surface area contributed by atoms with Crippen molar-refractivity contribution < 1.29 is 23.8 Å². The first-order valence-electron chi connectivity index (χ1n) is 10.0. The second kappa shape index (κ2) is 9.30. The highest BCUT2D eigenvalue weighted by Gasteiger charge is 2.33. The lowest BCUT2D eigenvalue weighted by Crippen LogP contribution is -2.43. The van der Waals surface area contributed by atoms with Crippen LogP contribution in [0.15, 0.2) is 72.9 Å². The Hall–Kier alpha value is -3.87. The molecular weight excluding hydrogens is 396 g/mol. The summed E-state index contributed by atoms with van der Waals surface area (Å²) in [6, 6.07) is 19.8. The number of pyridine rings is 1. The Bertz CT molecular complexity index is 1070. The highest BCUT2D eigenvalue weighted by Crippen LogP contribution is 2.39. The number of ether oxygens (including phenoxy) is 3. The molecule has 1 amide bonds. The number of benzene rings is 2. The topological polar surface area (TPSA) is 78.0 Å². The van der Waals surface area contributed by atoms with Gasteiger partial charge in [-0.3, -0.25) is 9.69 Å². The van der Waals surface area contributed by atoms with Gasteiger partial charge in [0, 0.05) is 6.20 Å². The van der Waals surface area contributed by atoms with Gasteiger partial charge in [-0.1, -0.05) is 42.5 Å². The van der Waals surface area contributed by atoms with E-state index in [1.165, 1.54) is 6.20 Å². The van der Waals surface area contributed by atoms with E-state index in [0.717, 1.165) is 5.56 Å². The van der Waals surface area contributed by atoms with E-state index in [1.807, 2.05) is 54.6 Å². The minimum absolute atomic E-state index is 0.180. The van der Waals surface area contributed by atoms with Crippen molar-refractivity contribution in [2.24, 2.45) is 0 Å². The molecular formula is C24H22N2O5. The molecule has 2 heterocycles. The molecule has 1 aliphatic heterocycles. The molecule has 1 aliphatic rings. The average Bonchev–Trinajstić information content (AvgIpc) is 2.82. The fourth-order valence-electron chi connectivity index (χ4n) is 3.49. The number of rotatable bonds is 6. The Morgan fingerprint density at radius 2 is 1.84 bits per heavy atom. The van der Waals surface area contributed by atoms with Gasteiger partial charge < -0.3 is 14.2 Å². The molecule has 1 atom stereocenters. The van der Waals surface area contributed by atoms with Crippen LogP contribution in [0.3, 0.4) is 0 Å². The van der Waals surface area contributed by atoms with E-state index in [-0.39, 0.29) is 23.4 Å². The summed E-state index contributed by atoms with van der Waals surface area (Å²) in [7, 11) is 0. The van der Waals surface area contributed by atoms with Crippen LogP contribution < -0.4 is 14.4 Å². The number of fused-ring (bicyclic) bond motifs is 1. The van der Waals surface area contributed by atoms with Crippen LogP contribution in [0.2, 0.25) is 0 Å². The number of hydrogen-bond acceptors (Lipinski definition) is 6. The third-order valence-corrected chi connectivity index (χ3v) is 4.89. The van der Waals surface area contributed by atoms with Crippen molar-refractivity contribution in [2.75, 3.05) is 24.7 Å². The van der Waals surface area contributed by atoms with E-state index >= 15 is 0 Å². The monoisotopic (exact) mass is 418 g/mol. The van der Waals surface area contributed by atoms with Gasteiger partial charge in [-0.05, 0) is 36.8 Å². The lowest BCUT2D eigenvalue weighted by atomic mass is 10.0. The zero-order valence-electron chi connectivity index (χ0n) is 17.1. The van der Waals surface area contributed by atoms with E-state index in [0.29, 0.717) is 24.7 Å². The third-order valence-electron chi connectivity index (χ3n) is 4.89. The van der Waals surface area contributed by atoms with Crippen molar-refractivity contribution in [3.05, 3.63) is 84.1 Å². The molecule has 0 saturated heterocycles. The van der Waals surface area contributed by atoms with Crippen LogP contribution in [0.25, 0.3) is 0 Å². The Labute approximate surface area is 180 Å². The van der Waals surface area contributed by atoms with Gasteiger partial charge in [0.05, 0.1) is 18.3 Å². The van der Waals surface area contributed by atoms with Gasteiger partial charge >= 0.3 is 5.97 Å². The summed E-state index contributed by atoms with van der Waals surface area (Å²) in [4.78, 5) is 31.5. The van der Waals surface area contributed by atoms with Gasteiger partial charge in [-0.2, -0.15) is 0 Å². The number of amides is 1. The van der Waals surface area contributed by atoms with Crippen LogP contribution in [0.5, 0.6) is 11.6 Å². The Kier molecular flexibility index (Phi) is 6.12. The quantitative estimate of drug-likeness (QED) is 0.567. The van der Waals surface area contributed by atoms with E-state index in [9.17, 15) is 9.59 Å². The van der Waals surface area contributed by atoms with Gasteiger partial charge in [0.15, 0.2) is 6.61 Å². The summed E-state index contributed by atoms with van der Waals surface area (Å²) in [5.41, 5.74) is 1.75. The predicted molar refractivity (Wildman–Crippen MR) is 114 cm³/mol. The van der Waals surface area contributed by atoms with Crippen LogP contribution >= 0.6 is 0 Å². The summed E-state index contributed by atoms with van der Waals surface area (Å²) < 4.78 is 16.6. The molecule has 3 aromatic rings. The average molecular weight is 418 g/mol.